The predicted octanol–water partition coefficient (Wildman–Crippen LogP) is 3.95. The van der Waals surface area contributed by atoms with Gasteiger partial charge in [0.05, 0.1) is 17.5 Å². The largest absolute Gasteiger partial charge is 0.489 e. The van der Waals surface area contributed by atoms with Crippen LogP contribution in [0.3, 0.4) is 0 Å². The molecule has 2 atom stereocenters. The number of benzene rings is 2. The molecule has 2 fully saturated rings. The number of carbonyl (C=O) groups is 2. The number of imide groups is 1. The van der Waals surface area contributed by atoms with Gasteiger partial charge in [-0.25, -0.2) is 0 Å². The van der Waals surface area contributed by atoms with Crippen molar-refractivity contribution in [2.24, 2.45) is 11.8 Å². The lowest BCUT2D eigenvalue weighted by Gasteiger charge is -2.19. The fraction of sp³-hybridized carbons (Fsp3) is 0.333. The molecule has 0 spiro atoms. The third-order valence-corrected chi connectivity index (χ3v) is 5.18. The van der Waals surface area contributed by atoms with Crippen molar-refractivity contribution in [1.82, 2.24) is 0 Å². The van der Waals surface area contributed by atoms with Gasteiger partial charge in [0, 0.05) is 0 Å². The van der Waals surface area contributed by atoms with Crippen molar-refractivity contribution in [2.75, 3.05) is 4.90 Å². The Hall–Kier alpha value is -2.62. The minimum Gasteiger partial charge on any atom is -0.489 e. The summed E-state index contributed by atoms with van der Waals surface area (Å²) < 4.78 is 5.77. The molecule has 1 aliphatic carbocycles. The van der Waals surface area contributed by atoms with Crippen LogP contribution >= 0.6 is 0 Å². The van der Waals surface area contributed by atoms with Gasteiger partial charge in [-0.15, -0.1) is 0 Å². The molecule has 4 rings (SSSR count). The summed E-state index contributed by atoms with van der Waals surface area (Å²) in [5.41, 5.74) is 1.75. The molecule has 0 unspecified atom stereocenters. The van der Waals surface area contributed by atoms with E-state index in [0.717, 1.165) is 37.0 Å². The van der Waals surface area contributed by atoms with Crippen molar-refractivity contribution >= 4 is 17.5 Å². The molecule has 128 valence electrons. The second kappa shape index (κ2) is 6.71. The first kappa shape index (κ1) is 15.9. The van der Waals surface area contributed by atoms with Crippen molar-refractivity contribution in [3.63, 3.8) is 0 Å². The van der Waals surface area contributed by atoms with Crippen LogP contribution in [0, 0.1) is 11.8 Å². The highest BCUT2D eigenvalue weighted by Gasteiger charge is 2.48. The minimum atomic E-state index is -0.116. The lowest BCUT2D eigenvalue weighted by Crippen LogP contribution is -2.30. The zero-order chi connectivity index (χ0) is 17.2. The molecular formula is C21H21NO3. The first-order chi connectivity index (χ1) is 12.2. The lowest BCUT2D eigenvalue weighted by molar-refractivity contribution is -0.122. The van der Waals surface area contributed by atoms with E-state index in [2.05, 4.69) is 0 Å². The molecule has 25 heavy (non-hydrogen) atoms. The monoisotopic (exact) mass is 335 g/mol. The molecule has 2 aromatic carbocycles. The first-order valence-corrected chi connectivity index (χ1v) is 8.88. The molecule has 0 aromatic heterocycles. The molecule has 4 nitrogen and oxygen atoms in total. The summed E-state index contributed by atoms with van der Waals surface area (Å²) in [4.78, 5) is 26.6. The smallest absolute Gasteiger partial charge is 0.237 e. The number of amides is 2. The van der Waals surface area contributed by atoms with Crippen LogP contribution in [-0.2, 0) is 16.2 Å². The molecule has 4 heteroatoms. The summed E-state index contributed by atoms with van der Waals surface area (Å²) in [6.07, 6.45) is 3.76. The van der Waals surface area contributed by atoms with Crippen molar-refractivity contribution < 1.29 is 14.3 Å². The van der Waals surface area contributed by atoms with E-state index >= 15 is 0 Å². The Kier molecular flexibility index (Phi) is 4.26. The highest BCUT2D eigenvalue weighted by atomic mass is 16.5. The summed E-state index contributed by atoms with van der Waals surface area (Å²) in [7, 11) is 0. The van der Waals surface area contributed by atoms with E-state index in [-0.39, 0.29) is 23.7 Å². The number of rotatable bonds is 4. The van der Waals surface area contributed by atoms with E-state index in [9.17, 15) is 9.59 Å². The van der Waals surface area contributed by atoms with Crippen LogP contribution in [0.15, 0.2) is 54.6 Å². The Morgan fingerprint density at radius 2 is 1.44 bits per heavy atom. The van der Waals surface area contributed by atoms with Crippen molar-refractivity contribution in [3.05, 3.63) is 60.2 Å². The highest BCUT2D eigenvalue weighted by Crippen LogP contribution is 2.40. The molecule has 1 saturated heterocycles. The van der Waals surface area contributed by atoms with Gasteiger partial charge in [0.1, 0.15) is 12.4 Å². The molecule has 0 N–H and O–H groups in total. The number of carbonyl (C=O) groups excluding carboxylic acids is 2. The topological polar surface area (TPSA) is 46.6 Å². The summed E-state index contributed by atoms with van der Waals surface area (Å²) in [6.45, 7) is 0.492. The zero-order valence-electron chi connectivity index (χ0n) is 14.1. The second-order valence-corrected chi connectivity index (χ2v) is 6.78. The maximum Gasteiger partial charge on any atom is 0.237 e. The standard InChI is InChI=1S/C21H21NO3/c23-20-18-8-4-5-9-19(18)21(24)22(20)16-10-12-17(13-11-16)25-14-15-6-2-1-3-7-15/h1-3,6-7,10-13,18-19H,4-5,8-9,14H2/t18-,19-/m0/s1. The van der Waals surface area contributed by atoms with Gasteiger partial charge in [-0.1, -0.05) is 43.2 Å². The maximum absolute atomic E-state index is 12.6. The van der Waals surface area contributed by atoms with Gasteiger partial charge in [0.2, 0.25) is 11.8 Å². The molecule has 2 aromatic rings. The number of fused-ring (bicyclic) bond motifs is 1. The van der Waals surface area contributed by atoms with Crippen LogP contribution < -0.4 is 9.64 Å². The van der Waals surface area contributed by atoms with Gasteiger partial charge >= 0.3 is 0 Å². The Balaban J connectivity index is 1.46. The Labute approximate surface area is 147 Å². The third-order valence-electron chi connectivity index (χ3n) is 5.18. The van der Waals surface area contributed by atoms with E-state index in [1.54, 1.807) is 12.1 Å². The van der Waals surface area contributed by atoms with Crippen LogP contribution in [-0.4, -0.2) is 11.8 Å². The lowest BCUT2D eigenvalue weighted by atomic mass is 9.81. The van der Waals surface area contributed by atoms with Crippen LogP contribution in [0.5, 0.6) is 5.75 Å². The molecule has 0 radical (unpaired) electrons. The van der Waals surface area contributed by atoms with E-state index in [1.807, 2.05) is 42.5 Å². The van der Waals surface area contributed by atoms with Crippen LogP contribution in [0.4, 0.5) is 5.69 Å². The number of hydrogen-bond donors (Lipinski definition) is 0. The number of hydrogen-bond acceptors (Lipinski definition) is 3. The minimum absolute atomic E-state index is 0.0346. The quantitative estimate of drug-likeness (QED) is 0.795. The summed E-state index contributed by atoms with van der Waals surface area (Å²) in [5, 5.41) is 0. The predicted molar refractivity (Wildman–Crippen MR) is 95.2 cm³/mol. The summed E-state index contributed by atoms with van der Waals surface area (Å²) in [5.74, 6) is 0.426. The number of anilines is 1. The fourth-order valence-corrected chi connectivity index (χ4v) is 3.85. The summed E-state index contributed by atoms with van der Waals surface area (Å²) >= 11 is 0. The average molecular weight is 335 g/mol. The maximum atomic E-state index is 12.6. The van der Waals surface area contributed by atoms with Crippen molar-refractivity contribution in [3.8, 4) is 5.75 Å². The first-order valence-electron chi connectivity index (χ1n) is 8.88. The normalized spacial score (nSPS) is 22.8. The SMILES string of the molecule is O=C1[C@H]2CCCC[C@@H]2C(=O)N1c1ccc(OCc2ccccc2)cc1. The molecule has 1 heterocycles. The van der Waals surface area contributed by atoms with Crippen molar-refractivity contribution in [1.29, 1.82) is 0 Å². The van der Waals surface area contributed by atoms with E-state index in [1.165, 1.54) is 4.90 Å². The molecule has 0 bridgehead atoms. The fourth-order valence-electron chi connectivity index (χ4n) is 3.85. The van der Waals surface area contributed by atoms with E-state index in [4.69, 9.17) is 4.74 Å². The second-order valence-electron chi connectivity index (χ2n) is 6.78. The Morgan fingerprint density at radius 3 is 2.04 bits per heavy atom. The van der Waals surface area contributed by atoms with Gasteiger partial charge < -0.3 is 4.74 Å². The van der Waals surface area contributed by atoms with Crippen LogP contribution in [0.1, 0.15) is 31.2 Å². The number of nitrogens with zero attached hydrogens (tertiary/aromatic N) is 1. The Bertz CT molecular complexity index is 745. The molecule has 2 amide bonds. The molecule has 1 aliphatic heterocycles. The average Bonchev–Trinajstić information content (AvgIpc) is 2.93. The van der Waals surface area contributed by atoms with Gasteiger partial charge in [0.15, 0.2) is 0 Å². The Morgan fingerprint density at radius 1 is 0.840 bits per heavy atom. The third kappa shape index (κ3) is 3.04. The summed E-state index contributed by atoms with van der Waals surface area (Å²) in [6, 6.07) is 17.2. The van der Waals surface area contributed by atoms with Gasteiger partial charge in [-0.2, -0.15) is 0 Å². The van der Waals surface area contributed by atoms with Crippen LogP contribution in [0.2, 0.25) is 0 Å². The van der Waals surface area contributed by atoms with Gasteiger partial charge in [-0.3, -0.25) is 14.5 Å². The molecule has 2 aliphatic rings. The van der Waals surface area contributed by atoms with E-state index < -0.39 is 0 Å². The van der Waals surface area contributed by atoms with E-state index in [0.29, 0.717) is 12.3 Å². The zero-order valence-corrected chi connectivity index (χ0v) is 14.1. The van der Waals surface area contributed by atoms with Crippen molar-refractivity contribution in [2.45, 2.75) is 32.3 Å². The molecule has 1 saturated carbocycles. The van der Waals surface area contributed by atoms with Gasteiger partial charge in [0.25, 0.3) is 0 Å². The molecular weight excluding hydrogens is 314 g/mol. The highest BCUT2D eigenvalue weighted by molar-refractivity contribution is 6.22. The van der Waals surface area contributed by atoms with Crippen LogP contribution in [0.25, 0.3) is 0 Å². The number of ether oxygens (including phenoxy) is 1. The van der Waals surface area contributed by atoms with Gasteiger partial charge in [-0.05, 0) is 42.7 Å².